The minimum atomic E-state index is -0.955. The number of aromatic nitrogens is 2. The third kappa shape index (κ3) is 6.15. The molecule has 0 aliphatic rings. The maximum Gasteiger partial charge on any atom is 0.268 e. The third-order valence-electron chi connectivity index (χ3n) is 5.29. The van der Waals surface area contributed by atoms with Gasteiger partial charge in [-0.2, -0.15) is 4.98 Å². The van der Waals surface area contributed by atoms with Gasteiger partial charge in [0.25, 0.3) is 5.89 Å². The van der Waals surface area contributed by atoms with Crippen molar-refractivity contribution < 1.29 is 24.3 Å². The van der Waals surface area contributed by atoms with Gasteiger partial charge in [0, 0.05) is 17.0 Å². The molecule has 0 saturated carbocycles. The van der Waals surface area contributed by atoms with Crippen LogP contribution in [-0.4, -0.2) is 52.1 Å². The highest BCUT2D eigenvalue weighted by Crippen LogP contribution is 2.38. The van der Waals surface area contributed by atoms with E-state index in [0.717, 1.165) is 16.9 Å². The molecular weight excluding hydrogens is 478 g/mol. The molecule has 3 rings (SSSR count). The fourth-order valence-electron chi connectivity index (χ4n) is 3.60. The van der Waals surface area contributed by atoms with Crippen LogP contribution < -0.4 is 10.1 Å². The van der Waals surface area contributed by atoms with Crippen molar-refractivity contribution in [2.75, 3.05) is 19.8 Å². The van der Waals surface area contributed by atoms with E-state index in [-0.39, 0.29) is 13.2 Å². The third-order valence-corrected chi connectivity index (χ3v) is 6.81. The average molecular weight is 508 g/mol. The zero-order chi connectivity index (χ0) is 25.0. The maximum atomic E-state index is 11.1. The van der Waals surface area contributed by atoms with Crippen LogP contribution in [0.5, 0.6) is 5.75 Å². The monoisotopic (exact) mass is 507 g/mol. The summed E-state index contributed by atoms with van der Waals surface area (Å²) in [5, 5.41) is 25.6. The van der Waals surface area contributed by atoms with Crippen LogP contribution in [0, 0.1) is 26.7 Å². The summed E-state index contributed by atoms with van der Waals surface area (Å²) in [4.78, 5) is 17.9. The molecule has 2 aromatic heterocycles. The highest BCUT2D eigenvalue weighted by Gasteiger charge is 2.21. The van der Waals surface area contributed by atoms with E-state index in [1.807, 2.05) is 13.0 Å². The van der Waals surface area contributed by atoms with Crippen LogP contribution in [0.2, 0.25) is 5.02 Å². The number of hydrogen-bond donors (Lipinski definition) is 3. The fraction of sp³-hybridized carbons (Fsp3) is 0.458. The van der Waals surface area contributed by atoms with Crippen molar-refractivity contribution >= 4 is 28.8 Å². The van der Waals surface area contributed by atoms with Crippen LogP contribution in [0.1, 0.15) is 35.4 Å². The van der Waals surface area contributed by atoms with Crippen molar-refractivity contribution in [3.05, 3.63) is 38.7 Å². The highest BCUT2D eigenvalue weighted by atomic mass is 35.5. The summed E-state index contributed by atoms with van der Waals surface area (Å²) in [6.07, 6.45) is 0.0528. The van der Waals surface area contributed by atoms with E-state index in [2.05, 4.69) is 43.2 Å². The topological polar surface area (TPSA) is 118 Å². The van der Waals surface area contributed by atoms with Crippen LogP contribution in [0.25, 0.3) is 22.2 Å². The molecule has 0 aliphatic heterocycles. The second kappa shape index (κ2) is 11.3. The van der Waals surface area contributed by atoms with Crippen molar-refractivity contribution in [1.82, 2.24) is 15.5 Å². The van der Waals surface area contributed by atoms with E-state index >= 15 is 0 Å². The first-order valence-electron chi connectivity index (χ1n) is 11.0. The lowest BCUT2D eigenvalue weighted by molar-refractivity contribution is -0.124. The molecule has 0 aliphatic carbocycles. The number of aliphatic hydroxyl groups is 2. The Morgan fingerprint density at radius 3 is 2.68 bits per heavy atom. The summed E-state index contributed by atoms with van der Waals surface area (Å²) in [6.45, 7) is 9.70. The van der Waals surface area contributed by atoms with Gasteiger partial charge >= 0.3 is 0 Å². The number of carbonyl (C=O) groups is 1. The van der Waals surface area contributed by atoms with Crippen molar-refractivity contribution in [3.8, 4) is 27.9 Å². The van der Waals surface area contributed by atoms with Gasteiger partial charge in [-0.3, -0.25) is 4.79 Å². The Kier molecular flexibility index (Phi) is 8.70. The first-order chi connectivity index (χ1) is 16.1. The van der Waals surface area contributed by atoms with Crippen molar-refractivity contribution in [2.45, 2.75) is 47.1 Å². The lowest BCUT2D eigenvalue weighted by Gasteiger charge is -2.16. The predicted molar refractivity (Wildman–Crippen MR) is 132 cm³/mol. The molecule has 1 aromatic carbocycles. The molecule has 8 nitrogen and oxygen atoms in total. The molecule has 0 spiro atoms. The standard InChI is InChI=1S/C24H30ClN3O5S/c1-12(2)6-18-14(4)22(34-15(18)5)24-27-23(28-33-24)16-7-13(3)21(19(25)8-16)32-11-17(30)9-26-20(31)10-29/h7-8,12,17,29-30H,6,9-11H2,1-5H3,(H,26,31)/t17-/m1/s1. The number of thiophene rings is 1. The number of benzene rings is 1. The number of rotatable bonds is 10. The quantitative estimate of drug-likeness (QED) is 0.378. The summed E-state index contributed by atoms with van der Waals surface area (Å²) < 4.78 is 11.3. The summed E-state index contributed by atoms with van der Waals surface area (Å²) in [7, 11) is 0. The molecule has 0 bridgehead atoms. The lowest BCUT2D eigenvalue weighted by atomic mass is 9.99. The molecule has 2 heterocycles. The van der Waals surface area contributed by atoms with Crippen LogP contribution in [0.3, 0.4) is 0 Å². The molecule has 1 atom stereocenters. The van der Waals surface area contributed by atoms with E-state index in [0.29, 0.717) is 34.0 Å². The normalized spacial score (nSPS) is 12.3. The molecule has 0 fully saturated rings. The summed E-state index contributed by atoms with van der Waals surface area (Å²) in [6, 6.07) is 3.53. The summed E-state index contributed by atoms with van der Waals surface area (Å²) in [5.41, 5.74) is 3.95. The first kappa shape index (κ1) is 26.2. The van der Waals surface area contributed by atoms with Crippen molar-refractivity contribution in [1.29, 1.82) is 0 Å². The molecule has 3 aromatic rings. The molecule has 1 amide bonds. The second-order valence-electron chi connectivity index (χ2n) is 8.64. The number of nitrogens with one attached hydrogen (secondary N) is 1. The maximum absolute atomic E-state index is 11.1. The highest BCUT2D eigenvalue weighted by molar-refractivity contribution is 7.15. The van der Waals surface area contributed by atoms with Crippen molar-refractivity contribution in [2.24, 2.45) is 5.92 Å². The molecule has 0 saturated heterocycles. The van der Waals surface area contributed by atoms with E-state index in [1.165, 1.54) is 16.0 Å². The van der Waals surface area contributed by atoms with Gasteiger partial charge in [-0.1, -0.05) is 30.6 Å². The zero-order valence-corrected chi connectivity index (χ0v) is 21.5. The predicted octanol–water partition coefficient (Wildman–Crippen LogP) is 4.09. The minimum Gasteiger partial charge on any atom is -0.489 e. The number of carbonyl (C=O) groups excluding carboxylic acids is 1. The lowest BCUT2D eigenvalue weighted by Crippen LogP contribution is -2.36. The molecule has 34 heavy (non-hydrogen) atoms. The summed E-state index contributed by atoms with van der Waals surface area (Å²) >= 11 is 8.11. The van der Waals surface area contributed by atoms with Gasteiger partial charge in [0.1, 0.15) is 25.1 Å². The van der Waals surface area contributed by atoms with Gasteiger partial charge in [-0.25, -0.2) is 0 Å². The molecule has 0 radical (unpaired) electrons. The SMILES string of the molecule is Cc1cc(-c2noc(-c3sc(C)c(CC(C)C)c3C)n2)cc(Cl)c1OC[C@H](O)CNC(=O)CO. The van der Waals surface area contributed by atoms with E-state index < -0.39 is 18.6 Å². The molecule has 0 unspecified atom stereocenters. The molecule has 3 N–H and O–H groups in total. The van der Waals surface area contributed by atoms with Crippen LogP contribution in [-0.2, 0) is 11.2 Å². The van der Waals surface area contributed by atoms with E-state index in [1.54, 1.807) is 17.4 Å². The van der Waals surface area contributed by atoms with E-state index in [9.17, 15) is 9.90 Å². The van der Waals surface area contributed by atoms with Crippen molar-refractivity contribution in [3.63, 3.8) is 0 Å². The van der Waals surface area contributed by atoms with Gasteiger partial charge in [-0.15, -0.1) is 11.3 Å². The van der Waals surface area contributed by atoms with Gasteiger partial charge in [0.2, 0.25) is 11.7 Å². The Bertz CT molecular complexity index is 1130. The Labute approximate surface area is 207 Å². The Morgan fingerprint density at radius 2 is 2.03 bits per heavy atom. The van der Waals surface area contributed by atoms with Crippen LogP contribution >= 0.6 is 22.9 Å². The summed E-state index contributed by atoms with van der Waals surface area (Å²) in [5.74, 6) is 1.32. The fourth-order valence-corrected chi connectivity index (χ4v) is 5.04. The number of halogens is 1. The Hall–Kier alpha value is -2.46. The second-order valence-corrected chi connectivity index (χ2v) is 10.3. The van der Waals surface area contributed by atoms with Gasteiger partial charge in [-0.05, 0) is 61.9 Å². The number of nitrogens with zero attached hydrogens (tertiary/aromatic N) is 2. The van der Waals surface area contributed by atoms with Gasteiger partial charge in [0.15, 0.2) is 0 Å². The largest absolute Gasteiger partial charge is 0.489 e. The number of ether oxygens (including phenoxy) is 1. The molecular formula is C24H30ClN3O5S. The first-order valence-corrected chi connectivity index (χ1v) is 12.2. The van der Waals surface area contributed by atoms with Gasteiger partial charge < -0.3 is 24.8 Å². The number of aryl methyl sites for hydroxylation is 2. The Balaban J connectivity index is 1.76. The number of amides is 1. The zero-order valence-electron chi connectivity index (χ0n) is 19.9. The Morgan fingerprint density at radius 1 is 1.29 bits per heavy atom. The van der Waals surface area contributed by atoms with Crippen LogP contribution in [0.15, 0.2) is 16.7 Å². The minimum absolute atomic E-state index is 0.0414. The smallest absolute Gasteiger partial charge is 0.268 e. The average Bonchev–Trinajstić information content (AvgIpc) is 3.37. The molecule has 10 heteroatoms. The van der Waals surface area contributed by atoms with E-state index in [4.69, 9.17) is 26.0 Å². The molecule has 184 valence electrons. The van der Waals surface area contributed by atoms with Crippen LogP contribution in [0.4, 0.5) is 0 Å². The van der Waals surface area contributed by atoms with Gasteiger partial charge in [0.05, 0.1) is 9.90 Å². The number of hydrogen-bond acceptors (Lipinski definition) is 8. The number of aliphatic hydroxyl groups excluding tert-OH is 2.